The zero-order valence-corrected chi connectivity index (χ0v) is 11.9. The largest absolute Gasteiger partial charge is 0.479 e. The number of rotatable bonds is 4. The summed E-state index contributed by atoms with van der Waals surface area (Å²) in [6.45, 7) is 2.67. The summed E-state index contributed by atoms with van der Waals surface area (Å²) in [5, 5.41) is 0. The summed E-state index contributed by atoms with van der Waals surface area (Å²) in [7, 11) is 3.94. The van der Waals surface area contributed by atoms with Gasteiger partial charge in [0.15, 0.2) is 11.4 Å². The first kappa shape index (κ1) is 15.0. The number of ketones is 1. The van der Waals surface area contributed by atoms with Gasteiger partial charge in [0, 0.05) is 19.4 Å². The van der Waals surface area contributed by atoms with Crippen LogP contribution in [0.25, 0.3) is 0 Å². The fourth-order valence-corrected chi connectivity index (χ4v) is 2.14. The molecule has 0 radical (unpaired) electrons. The number of benzene rings is 1. The van der Waals surface area contributed by atoms with Crippen molar-refractivity contribution < 1.29 is 9.53 Å². The normalized spacial score (nSPS) is 21.1. The number of hydrogen-bond donors (Lipinski definition) is 0. The topological polar surface area (TPSA) is 29.5 Å². The summed E-state index contributed by atoms with van der Waals surface area (Å²) in [5.41, 5.74) is 0.466. The number of halogens is 1. The molecule has 100 valence electrons. The number of Topliss-reactive ketones (excluding diaryl/α,β-unsaturated/α-hetero) is 1. The summed E-state index contributed by atoms with van der Waals surface area (Å²) in [5.74, 6) is 1.04. The lowest BCUT2D eigenvalue weighted by Crippen LogP contribution is -2.41. The Morgan fingerprint density at radius 1 is 1.39 bits per heavy atom. The zero-order valence-electron chi connectivity index (χ0n) is 11.1. The fraction of sp³-hybridized carbons (Fsp3) is 0.500. The minimum atomic E-state index is -0.667. The summed E-state index contributed by atoms with van der Waals surface area (Å²) < 4.78 is 5.82. The van der Waals surface area contributed by atoms with E-state index in [2.05, 4.69) is 0 Å². The molecule has 0 saturated carbocycles. The van der Waals surface area contributed by atoms with E-state index in [0.29, 0.717) is 12.8 Å². The molecule has 1 aromatic rings. The molecular weight excluding hydrogens is 250 g/mol. The monoisotopic (exact) mass is 269 g/mol. The van der Waals surface area contributed by atoms with E-state index in [1.165, 1.54) is 0 Å². The van der Waals surface area contributed by atoms with Crippen molar-refractivity contribution in [1.29, 1.82) is 0 Å². The van der Waals surface area contributed by atoms with Crippen LogP contribution in [0.2, 0.25) is 0 Å². The van der Waals surface area contributed by atoms with Crippen molar-refractivity contribution in [3.63, 3.8) is 0 Å². The lowest BCUT2D eigenvalue weighted by Gasteiger charge is -2.23. The van der Waals surface area contributed by atoms with E-state index in [4.69, 9.17) is 4.74 Å². The third-order valence-electron chi connectivity index (χ3n) is 3.21. The van der Waals surface area contributed by atoms with Crippen LogP contribution in [0.4, 0.5) is 0 Å². The smallest absolute Gasteiger partial charge is 0.177 e. The van der Waals surface area contributed by atoms with Gasteiger partial charge in [-0.2, -0.15) is 0 Å². The molecule has 1 aromatic carbocycles. The number of para-hydroxylation sites is 1. The third-order valence-corrected chi connectivity index (χ3v) is 3.21. The first-order chi connectivity index (χ1) is 8.01. The van der Waals surface area contributed by atoms with Gasteiger partial charge < -0.3 is 9.64 Å². The Kier molecular flexibility index (Phi) is 4.77. The fourth-order valence-electron chi connectivity index (χ4n) is 2.14. The molecule has 0 fully saturated rings. The van der Waals surface area contributed by atoms with Crippen LogP contribution in [-0.4, -0.2) is 36.9 Å². The van der Waals surface area contributed by atoms with Crippen LogP contribution >= 0.6 is 12.4 Å². The Hall–Kier alpha value is -1.06. The number of carbonyl (C=O) groups excluding carboxylic acids is 1. The van der Waals surface area contributed by atoms with Gasteiger partial charge in [0.05, 0.1) is 0 Å². The maximum atomic E-state index is 12.2. The van der Waals surface area contributed by atoms with Gasteiger partial charge >= 0.3 is 0 Å². The van der Waals surface area contributed by atoms with Gasteiger partial charge in [-0.3, -0.25) is 4.79 Å². The van der Waals surface area contributed by atoms with Crippen LogP contribution < -0.4 is 4.74 Å². The maximum absolute atomic E-state index is 12.2. The van der Waals surface area contributed by atoms with Crippen LogP contribution in [-0.2, 0) is 11.2 Å². The van der Waals surface area contributed by atoms with Crippen LogP contribution in [0, 0.1) is 0 Å². The van der Waals surface area contributed by atoms with Gasteiger partial charge in [-0.25, -0.2) is 0 Å². The molecule has 0 amide bonds. The van der Waals surface area contributed by atoms with Gasteiger partial charge in [-0.05, 0) is 32.6 Å². The molecular formula is C14H20ClNO2. The summed E-state index contributed by atoms with van der Waals surface area (Å²) in [6.07, 6.45) is 1.23. The van der Waals surface area contributed by atoms with Gasteiger partial charge in [-0.1, -0.05) is 18.2 Å². The summed E-state index contributed by atoms with van der Waals surface area (Å²) >= 11 is 0. The maximum Gasteiger partial charge on any atom is 0.177 e. The van der Waals surface area contributed by atoms with Crippen molar-refractivity contribution in [2.75, 3.05) is 20.6 Å². The Labute approximate surface area is 115 Å². The van der Waals surface area contributed by atoms with Gasteiger partial charge in [0.1, 0.15) is 5.75 Å². The molecule has 0 aliphatic carbocycles. The molecule has 3 nitrogen and oxygen atoms in total. The first-order valence-electron chi connectivity index (χ1n) is 5.96. The van der Waals surface area contributed by atoms with E-state index >= 15 is 0 Å². The van der Waals surface area contributed by atoms with Gasteiger partial charge in [0.2, 0.25) is 0 Å². The predicted molar refractivity (Wildman–Crippen MR) is 74.6 cm³/mol. The van der Waals surface area contributed by atoms with Crippen LogP contribution in [0.5, 0.6) is 5.75 Å². The predicted octanol–water partition coefficient (Wildman–Crippen LogP) is 2.32. The lowest BCUT2D eigenvalue weighted by molar-refractivity contribution is -0.132. The van der Waals surface area contributed by atoms with Crippen molar-refractivity contribution in [3.8, 4) is 5.75 Å². The highest BCUT2D eigenvalue weighted by Gasteiger charge is 2.40. The average molecular weight is 270 g/mol. The van der Waals surface area contributed by atoms with Crippen LogP contribution in [0.1, 0.15) is 18.9 Å². The number of hydrogen-bond acceptors (Lipinski definition) is 3. The van der Waals surface area contributed by atoms with E-state index in [0.717, 1.165) is 17.9 Å². The van der Waals surface area contributed by atoms with Crippen molar-refractivity contribution >= 4 is 18.2 Å². The Balaban J connectivity index is 0.00000162. The van der Waals surface area contributed by atoms with E-state index < -0.39 is 5.60 Å². The molecule has 0 saturated heterocycles. The second kappa shape index (κ2) is 5.72. The second-order valence-electron chi connectivity index (χ2n) is 5.09. The standard InChI is InChI=1S/C14H19NO2.ClH/c1-14(13(16)8-9-15(2)3)10-11-6-4-5-7-12(11)17-14;/h4-7H,8-10H2,1-3H3;1H. The van der Waals surface area contributed by atoms with Crippen molar-refractivity contribution in [1.82, 2.24) is 4.90 Å². The number of fused-ring (bicyclic) bond motifs is 1. The first-order valence-corrected chi connectivity index (χ1v) is 5.96. The van der Waals surface area contributed by atoms with Crippen LogP contribution in [0.15, 0.2) is 24.3 Å². The number of carbonyl (C=O) groups is 1. The van der Waals surface area contributed by atoms with Gasteiger partial charge in [0.25, 0.3) is 0 Å². The molecule has 1 aliphatic heterocycles. The Bertz CT molecular complexity index is 407. The molecule has 0 N–H and O–H groups in total. The molecule has 0 spiro atoms. The minimum Gasteiger partial charge on any atom is -0.479 e. The molecule has 0 aromatic heterocycles. The quantitative estimate of drug-likeness (QED) is 0.840. The molecule has 1 atom stereocenters. The molecule has 1 aliphatic rings. The highest BCUT2D eigenvalue weighted by Crippen LogP contribution is 2.35. The van der Waals surface area contributed by atoms with Crippen molar-refractivity contribution in [3.05, 3.63) is 29.8 Å². The molecule has 18 heavy (non-hydrogen) atoms. The van der Waals surface area contributed by atoms with E-state index in [1.54, 1.807) is 0 Å². The van der Waals surface area contributed by atoms with Crippen LogP contribution in [0.3, 0.4) is 0 Å². The lowest BCUT2D eigenvalue weighted by atomic mass is 9.93. The molecule has 1 unspecified atom stereocenters. The highest BCUT2D eigenvalue weighted by molar-refractivity contribution is 5.88. The molecule has 4 heteroatoms. The zero-order chi connectivity index (χ0) is 12.5. The average Bonchev–Trinajstić information content (AvgIpc) is 2.63. The van der Waals surface area contributed by atoms with Crippen molar-refractivity contribution in [2.45, 2.75) is 25.4 Å². The van der Waals surface area contributed by atoms with E-state index in [-0.39, 0.29) is 18.2 Å². The SMILES string of the molecule is CN(C)CCC(=O)C1(C)Cc2ccccc2O1.Cl. The van der Waals surface area contributed by atoms with E-state index in [1.807, 2.05) is 50.2 Å². The van der Waals surface area contributed by atoms with E-state index in [9.17, 15) is 4.79 Å². The summed E-state index contributed by atoms with van der Waals surface area (Å²) in [6, 6.07) is 7.88. The van der Waals surface area contributed by atoms with Crippen molar-refractivity contribution in [2.24, 2.45) is 0 Å². The highest BCUT2D eigenvalue weighted by atomic mass is 35.5. The number of nitrogens with zero attached hydrogens (tertiary/aromatic N) is 1. The molecule has 2 rings (SSSR count). The molecule has 0 bridgehead atoms. The Morgan fingerprint density at radius 3 is 2.67 bits per heavy atom. The summed E-state index contributed by atoms with van der Waals surface area (Å²) in [4.78, 5) is 14.2. The second-order valence-corrected chi connectivity index (χ2v) is 5.09. The molecule has 1 heterocycles. The minimum absolute atomic E-state index is 0. The third kappa shape index (κ3) is 3.03. The van der Waals surface area contributed by atoms with Gasteiger partial charge in [-0.15, -0.1) is 12.4 Å². The number of ether oxygens (including phenoxy) is 1. The Morgan fingerprint density at radius 2 is 2.06 bits per heavy atom.